The average molecular weight is 439 g/mol. The molecule has 7 nitrogen and oxygen atoms in total. The topological polar surface area (TPSA) is 112 Å². The van der Waals surface area contributed by atoms with Crippen LogP contribution in [0.5, 0.6) is 0 Å². The van der Waals surface area contributed by atoms with Crippen LogP contribution in [0, 0.1) is 5.82 Å². The Morgan fingerprint density at radius 3 is 2.45 bits per heavy atom. The zero-order valence-electron chi connectivity index (χ0n) is 15.2. The third-order valence-corrected chi connectivity index (χ3v) is 5.13. The first-order chi connectivity index (χ1) is 13.7. The number of rotatable bonds is 6. The second-order valence-electron chi connectivity index (χ2n) is 5.97. The molecule has 0 aliphatic heterocycles. The average Bonchev–Trinajstić information content (AvgIpc) is 3.07. The van der Waals surface area contributed by atoms with Crippen LogP contribution in [0.4, 0.5) is 4.39 Å². The predicted molar refractivity (Wildman–Crippen MR) is 104 cm³/mol. The molecule has 0 aliphatic rings. The highest BCUT2D eigenvalue weighted by Gasteiger charge is 2.20. The maximum Gasteiger partial charge on any atom is 0.315 e. The number of esters is 1. The minimum Gasteiger partial charge on any atom is -0.466 e. The van der Waals surface area contributed by atoms with E-state index in [9.17, 15) is 17.6 Å². The van der Waals surface area contributed by atoms with Gasteiger partial charge in [0.15, 0.2) is 5.76 Å². The lowest BCUT2D eigenvalue weighted by Gasteiger charge is -2.04. The van der Waals surface area contributed by atoms with Gasteiger partial charge in [-0.3, -0.25) is 4.79 Å². The molecule has 0 amide bonds. The molecule has 2 aromatic carbocycles. The van der Waals surface area contributed by atoms with E-state index in [2.05, 4.69) is 4.98 Å². The number of nitrogens with zero attached hydrogens (tertiary/aromatic N) is 1. The van der Waals surface area contributed by atoms with Crippen LogP contribution in [0.25, 0.3) is 22.6 Å². The van der Waals surface area contributed by atoms with Crippen molar-refractivity contribution in [2.45, 2.75) is 18.2 Å². The molecule has 10 heteroatoms. The number of hydrogen-bond acceptors (Lipinski definition) is 6. The van der Waals surface area contributed by atoms with E-state index in [1.807, 2.05) is 0 Å². The molecule has 0 saturated heterocycles. The third-order valence-electron chi connectivity index (χ3n) is 3.91. The van der Waals surface area contributed by atoms with Gasteiger partial charge in [0.2, 0.25) is 15.9 Å². The van der Waals surface area contributed by atoms with Gasteiger partial charge in [-0.05, 0) is 37.3 Å². The minimum atomic E-state index is -3.86. The summed E-state index contributed by atoms with van der Waals surface area (Å²) in [5, 5.41) is 5.01. The van der Waals surface area contributed by atoms with Crippen molar-refractivity contribution in [2.24, 2.45) is 5.14 Å². The molecular formula is C19H16ClFN2O5S. The molecule has 2 N–H and O–H groups in total. The molecule has 0 aliphatic carbocycles. The number of carbonyl (C=O) groups is 1. The molecule has 3 aromatic rings. The molecular weight excluding hydrogens is 423 g/mol. The SMILES string of the molecule is CCOC(=O)Cc1nc(-c2ccc(S(N)(=O)=O)cc2)c(-c2ccc(F)c(Cl)c2)o1. The Hall–Kier alpha value is -2.75. The fourth-order valence-corrected chi connectivity index (χ4v) is 3.30. The van der Waals surface area contributed by atoms with Crippen molar-refractivity contribution in [3.63, 3.8) is 0 Å². The van der Waals surface area contributed by atoms with Crippen LogP contribution in [-0.4, -0.2) is 26.0 Å². The monoisotopic (exact) mass is 438 g/mol. The lowest BCUT2D eigenvalue weighted by atomic mass is 10.1. The van der Waals surface area contributed by atoms with E-state index in [-0.39, 0.29) is 34.6 Å². The summed E-state index contributed by atoms with van der Waals surface area (Å²) in [6.45, 7) is 1.89. The molecule has 0 atom stereocenters. The maximum atomic E-state index is 13.5. The molecule has 0 unspecified atom stereocenters. The van der Waals surface area contributed by atoms with Crippen LogP contribution >= 0.6 is 11.6 Å². The van der Waals surface area contributed by atoms with Crippen molar-refractivity contribution in [3.8, 4) is 22.6 Å². The molecule has 0 spiro atoms. The molecule has 0 radical (unpaired) electrons. The molecule has 0 bridgehead atoms. The van der Waals surface area contributed by atoms with E-state index in [1.54, 1.807) is 6.92 Å². The van der Waals surface area contributed by atoms with Crippen LogP contribution in [-0.2, 0) is 26.0 Å². The molecule has 3 rings (SSSR count). The maximum absolute atomic E-state index is 13.5. The van der Waals surface area contributed by atoms with Crippen LogP contribution < -0.4 is 5.14 Å². The highest BCUT2D eigenvalue weighted by molar-refractivity contribution is 7.89. The van der Waals surface area contributed by atoms with Gasteiger partial charge in [0.05, 0.1) is 16.5 Å². The first-order valence-electron chi connectivity index (χ1n) is 8.43. The third kappa shape index (κ3) is 4.81. The normalized spacial score (nSPS) is 11.4. The van der Waals surface area contributed by atoms with Gasteiger partial charge in [-0.1, -0.05) is 23.7 Å². The number of ether oxygens (including phenoxy) is 1. The Kier molecular flexibility index (Phi) is 6.02. The van der Waals surface area contributed by atoms with Gasteiger partial charge >= 0.3 is 5.97 Å². The molecule has 1 heterocycles. The number of halogens is 2. The highest BCUT2D eigenvalue weighted by atomic mass is 35.5. The summed E-state index contributed by atoms with van der Waals surface area (Å²) in [4.78, 5) is 16.1. The molecule has 152 valence electrons. The molecule has 1 aromatic heterocycles. The van der Waals surface area contributed by atoms with E-state index >= 15 is 0 Å². The molecule has 0 saturated carbocycles. The fourth-order valence-electron chi connectivity index (χ4n) is 2.61. The van der Waals surface area contributed by atoms with Gasteiger partial charge in [0.1, 0.15) is 17.9 Å². The van der Waals surface area contributed by atoms with Crippen LogP contribution in [0.2, 0.25) is 5.02 Å². The lowest BCUT2D eigenvalue weighted by Crippen LogP contribution is -2.11. The first kappa shape index (κ1) is 21.0. The lowest BCUT2D eigenvalue weighted by molar-refractivity contribution is -0.142. The zero-order chi connectivity index (χ0) is 21.2. The van der Waals surface area contributed by atoms with Crippen molar-refractivity contribution in [2.75, 3.05) is 6.61 Å². The van der Waals surface area contributed by atoms with Crippen molar-refractivity contribution in [3.05, 3.63) is 59.2 Å². The first-order valence-corrected chi connectivity index (χ1v) is 10.4. The van der Waals surface area contributed by atoms with Crippen LogP contribution in [0.1, 0.15) is 12.8 Å². The summed E-state index contributed by atoms with van der Waals surface area (Å²) in [6, 6.07) is 9.66. The van der Waals surface area contributed by atoms with Crippen molar-refractivity contribution in [1.82, 2.24) is 4.98 Å². The minimum absolute atomic E-state index is 0.0668. The van der Waals surface area contributed by atoms with Crippen molar-refractivity contribution >= 4 is 27.6 Å². The summed E-state index contributed by atoms with van der Waals surface area (Å²) < 4.78 is 47.1. The Labute approximate surface area is 171 Å². The summed E-state index contributed by atoms with van der Waals surface area (Å²) in [5.74, 6) is -0.784. The van der Waals surface area contributed by atoms with E-state index in [0.717, 1.165) is 0 Å². The van der Waals surface area contributed by atoms with E-state index in [4.69, 9.17) is 25.9 Å². The number of oxazole rings is 1. The van der Waals surface area contributed by atoms with Crippen molar-refractivity contribution in [1.29, 1.82) is 0 Å². The van der Waals surface area contributed by atoms with Gasteiger partial charge in [0.25, 0.3) is 0 Å². The number of aromatic nitrogens is 1. The number of sulfonamides is 1. The second kappa shape index (κ2) is 8.32. The highest BCUT2D eigenvalue weighted by Crippen LogP contribution is 2.35. The number of benzene rings is 2. The van der Waals surface area contributed by atoms with Crippen molar-refractivity contribution < 1.29 is 26.8 Å². The Morgan fingerprint density at radius 2 is 1.86 bits per heavy atom. The summed E-state index contributed by atoms with van der Waals surface area (Å²) in [5.41, 5.74) is 1.27. The Balaban J connectivity index is 2.09. The quantitative estimate of drug-likeness (QED) is 0.589. The molecule has 29 heavy (non-hydrogen) atoms. The smallest absolute Gasteiger partial charge is 0.315 e. The number of carbonyl (C=O) groups excluding carboxylic acids is 1. The van der Waals surface area contributed by atoms with Crippen LogP contribution in [0.15, 0.2) is 51.8 Å². The number of primary sulfonamides is 1. The van der Waals surface area contributed by atoms with Crippen LogP contribution in [0.3, 0.4) is 0 Å². The van der Waals surface area contributed by atoms with E-state index < -0.39 is 21.8 Å². The summed E-state index contributed by atoms with van der Waals surface area (Å²) in [7, 11) is -3.86. The van der Waals surface area contributed by atoms with E-state index in [1.165, 1.54) is 42.5 Å². The van der Waals surface area contributed by atoms with Gasteiger partial charge in [0, 0.05) is 11.1 Å². The van der Waals surface area contributed by atoms with Gasteiger partial charge in [-0.25, -0.2) is 22.9 Å². The number of hydrogen-bond donors (Lipinski definition) is 1. The summed E-state index contributed by atoms with van der Waals surface area (Å²) >= 11 is 5.87. The number of nitrogens with two attached hydrogens (primary N) is 1. The molecule has 0 fully saturated rings. The zero-order valence-corrected chi connectivity index (χ0v) is 16.8. The van der Waals surface area contributed by atoms with Gasteiger partial charge in [-0.15, -0.1) is 0 Å². The van der Waals surface area contributed by atoms with Gasteiger partial charge < -0.3 is 9.15 Å². The second-order valence-corrected chi connectivity index (χ2v) is 7.93. The standard InChI is InChI=1S/C19H16ClFN2O5S/c1-2-27-17(24)10-16-23-18(11-3-6-13(7-4-11)29(22,25)26)19(28-16)12-5-8-15(21)14(20)9-12/h3-9H,2,10H2,1H3,(H2,22,25,26). The largest absolute Gasteiger partial charge is 0.466 e. The summed E-state index contributed by atoms with van der Waals surface area (Å²) in [6.07, 6.45) is -0.203. The fraction of sp³-hybridized carbons (Fsp3) is 0.158. The Morgan fingerprint density at radius 1 is 1.21 bits per heavy atom. The van der Waals surface area contributed by atoms with E-state index in [0.29, 0.717) is 16.8 Å². The Bertz CT molecular complexity index is 1160. The van der Waals surface area contributed by atoms with Gasteiger partial charge in [-0.2, -0.15) is 0 Å². The predicted octanol–water partition coefficient (Wildman–Crippen LogP) is 3.55.